The molecule has 1 N–H and O–H groups in total. The highest BCUT2D eigenvalue weighted by Crippen LogP contribution is 2.33. The van der Waals surface area contributed by atoms with Crippen molar-refractivity contribution in [2.75, 3.05) is 18.1 Å². The first-order valence-corrected chi connectivity index (χ1v) is 10.7. The van der Waals surface area contributed by atoms with Gasteiger partial charge in [0.1, 0.15) is 0 Å². The van der Waals surface area contributed by atoms with Crippen LogP contribution in [-0.2, 0) is 6.54 Å². The Morgan fingerprint density at radius 3 is 2.52 bits per heavy atom. The Morgan fingerprint density at radius 2 is 1.81 bits per heavy atom. The minimum Gasteiger partial charge on any atom is -0.305 e. The lowest BCUT2D eigenvalue weighted by molar-refractivity contribution is 0.204. The largest absolute Gasteiger partial charge is 0.305 e. The van der Waals surface area contributed by atoms with Gasteiger partial charge in [-0.05, 0) is 42.7 Å². The van der Waals surface area contributed by atoms with E-state index in [0.717, 1.165) is 59.6 Å². The number of nitrogens with zero attached hydrogens (tertiary/aromatic N) is 4. The second-order valence-corrected chi connectivity index (χ2v) is 7.91. The van der Waals surface area contributed by atoms with Gasteiger partial charge in [0.15, 0.2) is 0 Å². The number of aromatic nitrogens is 2. The van der Waals surface area contributed by atoms with Gasteiger partial charge in [0.2, 0.25) is 0 Å². The number of aromatic amines is 1. The number of H-pyrrole nitrogens is 1. The monoisotopic (exact) mass is 429 g/mol. The molecule has 6 heteroatoms. The molecule has 4 rings (SSSR count). The van der Waals surface area contributed by atoms with Crippen molar-refractivity contribution in [3.63, 3.8) is 0 Å². The van der Waals surface area contributed by atoms with Crippen molar-refractivity contribution in [2.45, 2.75) is 19.4 Å². The highest BCUT2D eigenvalue weighted by molar-refractivity contribution is 6.30. The first-order chi connectivity index (χ1) is 15.2. The Labute approximate surface area is 187 Å². The van der Waals surface area contributed by atoms with Gasteiger partial charge in [-0.3, -0.25) is 5.10 Å². The summed E-state index contributed by atoms with van der Waals surface area (Å²) >= 11 is 6.05. The zero-order valence-corrected chi connectivity index (χ0v) is 18.1. The van der Waals surface area contributed by atoms with Crippen molar-refractivity contribution < 1.29 is 0 Å². The number of nitriles is 1. The Kier molecular flexibility index (Phi) is 6.22. The average molecular weight is 430 g/mol. The molecule has 156 valence electrons. The normalized spacial score (nSPS) is 14.3. The third-order valence-corrected chi connectivity index (χ3v) is 5.90. The first kappa shape index (κ1) is 20.9. The van der Waals surface area contributed by atoms with Crippen molar-refractivity contribution in [1.29, 1.82) is 5.26 Å². The third-order valence-electron chi connectivity index (χ3n) is 5.65. The highest BCUT2D eigenvalue weighted by Gasteiger charge is 2.25. The molecule has 0 radical (unpaired) electrons. The van der Waals surface area contributed by atoms with Gasteiger partial charge in [-0.2, -0.15) is 10.4 Å². The molecule has 1 aliphatic rings. The van der Waals surface area contributed by atoms with Crippen LogP contribution in [0, 0.1) is 11.3 Å². The maximum absolute atomic E-state index is 9.48. The zero-order valence-electron chi connectivity index (χ0n) is 17.3. The van der Waals surface area contributed by atoms with Crippen LogP contribution in [0.25, 0.3) is 23.4 Å². The summed E-state index contributed by atoms with van der Waals surface area (Å²) in [6.45, 7) is 10.5. The van der Waals surface area contributed by atoms with Crippen LogP contribution in [0.5, 0.6) is 0 Å². The summed E-state index contributed by atoms with van der Waals surface area (Å²) in [6.07, 6.45) is 7.67. The van der Waals surface area contributed by atoms with Gasteiger partial charge < -0.3 is 5.01 Å². The van der Waals surface area contributed by atoms with Gasteiger partial charge in [-0.25, -0.2) is 5.01 Å². The zero-order chi connectivity index (χ0) is 21.8. The molecular weight excluding hydrogens is 406 g/mol. The number of halogens is 1. The molecule has 0 atom stereocenters. The lowest BCUT2D eigenvalue weighted by Crippen LogP contribution is -2.47. The fraction of sp³-hybridized carbons (Fsp3) is 0.200. The van der Waals surface area contributed by atoms with Crippen LogP contribution in [0.4, 0.5) is 5.69 Å². The molecule has 2 heterocycles. The van der Waals surface area contributed by atoms with Gasteiger partial charge >= 0.3 is 0 Å². The van der Waals surface area contributed by atoms with E-state index in [1.165, 1.54) is 0 Å². The van der Waals surface area contributed by atoms with Gasteiger partial charge in [-0.1, -0.05) is 49.0 Å². The van der Waals surface area contributed by atoms with Gasteiger partial charge in [0, 0.05) is 41.3 Å². The van der Waals surface area contributed by atoms with E-state index >= 15 is 0 Å². The molecule has 0 spiro atoms. The van der Waals surface area contributed by atoms with Gasteiger partial charge in [0.25, 0.3) is 0 Å². The molecular formula is C25H24ClN5. The molecule has 1 aromatic heterocycles. The smallest absolute Gasteiger partial charge is 0.0998 e. The minimum atomic E-state index is 0.608. The number of hydrogen-bond donors (Lipinski definition) is 1. The molecule has 1 fully saturated rings. The molecule has 0 aliphatic carbocycles. The van der Waals surface area contributed by atoms with Crippen molar-refractivity contribution >= 4 is 29.4 Å². The predicted octanol–water partition coefficient (Wildman–Crippen LogP) is 5.91. The van der Waals surface area contributed by atoms with E-state index in [4.69, 9.17) is 11.6 Å². The second-order valence-electron chi connectivity index (χ2n) is 7.48. The summed E-state index contributed by atoms with van der Waals surface area (Å²) in [4.78, 5) is 0. The molecule has 0 amide bonds. The van der Waals surface area contributed by atoms with Crippen LogP contribution >= 0.6 is 11.6 Å². The van der Waals surface area contributed by atoms with Crippen molar-refractivity contribution in [3.05, 3.63) is 83.0 Å². The average Bonchev–Trinajstić information content (AvgIpc) is 3.27. The second kappa shape index (κ2) is 9.22. The van der Waals surface area contributed by atoms with Crippen LogP contribution in [0.1, 0.15) is 35.1 Å². The number of nitrogens with one attached hydrogen (secondary N) is 1. The van der Waals surface area contributed by atoms with Crippen LogP contribution in [0.15, 0.2) is 55.8 Å². The molecule has 2 aromatic carbocycles. The topological polar surface area (TPSA) is 59.0 Å². The van der Waals surface area contributed by atoms with E-state index in [-0.39, 0.29) is 0 Å². The molecule has 3 aromatic rings. The first-order valence-electron chi connectivity index (χ1n) is 10.3. The summed E-state index contributed by atoms with van der Waals surface area (Å²) in [6, 6.07) is 13.9. The van der Waals surface area contributed by atoms with Gasteiger partial charge in [-0.15, -0.1) is 0 Å². The minimum absolute atomic E-state index is 0.608. The number of hydrazine groups is 1. The lowest BCUT2D eigenvalue weighted by atomic mass is 9.98. The van der Waals surface area contributed by atoms with E-state index in [2.05, 4.69) is 39.4 Å². The van der Waals surface area contributed by atoms with E-state index < -0.39 is 0 Å². The highest BCUT2D eigenvalue weighted by atomic mass is 35.5. The van der Waals surface area contributed by atoms with Crippen molar-refractivity contribution in [3.8, 4) is 17.3 Å². The third kappa shape index (κ3) is 4.13. The number of rotatable bonds is 6. The van der Waals surface area contributed by atoms with Gasteiger partial charge in [0.05, 0.1) is 29.2 Å². The standard InChI is InChI=1S/C25H24ClN5/c1-3-22-19(15-27)9-12-24(23(22)4-2)31-14-6-5-13-30(31)17-20-16-28-29-25(20)18-7-10-21(26)11-8-18/h3-4,7-12,16H,1-2,5-6,13-14,17H2,(H,28,29). The molecule has 0 saturated carbocycles. The van der Waals surface area contributed by atoms with E-state index in [0.29, 0.717) is 17.1 Å². The SMILES string of the molecule is C=Cc1c(C#N)ccc(N2CCCCN2Cc2cn[nH]c2-c2ccc(Cl)cc2)c1C=C. The number of hydrogen-bond acceptors (Lipinski definition) is 4. The Morgan fingerprint density at radius 1 is 1.06 bits per heavy atom. The van der Waals surface area contributed by atoms with E-state index in [1.807, 2.05) is 48.7 Å². The maximum atomic E-state index is 9.48. The Balaban J connectivity index is 1.69. The van der Waals surface area contributed by atoms with Crippen molar-refractivity contribution in [1.82, 2.24) is 15.2 Å². The van der Waals surface area contributed by atoms with E-state index in [1.54, 1.807) is 6.08 Å². The Bertz CT molecular complexity index is 1140. The number of benzene rings is 2. The molecule has 5 nitrogen and oxygen atoms in total. The Hall–Kier alpha value is -3.33. The molecule has 31 heavy (non-hydrogen) atoms. The maximum Gasteiger partial charge on any atom is 0.0998 e. The molecule has 0 bridgehead atoms. The molecule has 1 saturated heterocycles. The van der Waals surface area contributed by atoms with Crippen LogP contribution in [0.2, 0.25) is 5.02 Å². The van der Waals surface area contributed by atoms with Crippen LogP contribution in [0.3, 0.4) is 0 Å². The molecule has 0 unspecified atom stereocenters. The fourth-order valence-corrected chi connectivity index (χ4v) is 4.26. The van der Waals surface area contributed by atoms with Crippen molar-refractivity contribution in [2.24, 2.45) is 0 Å². The van der Waals surface area contributed by atoms with E-state index in [9.17, 15) is 5.26 Å². The summed E-state index contributed by atoms with van der Waals surface area (Å²) in [5, 5.41) is 22.3. The lowest BCUT2D eigenvalue weighted by Gasteiger charge is -2.41. The van der Waals surface area contributed by atoms with Crippen LogP contribution in [-0.4, -0.2) is 28.3 Å². The summed E-state index contributed by atoms with van der Waals surface area (Å²) in [5.74, 6) is 0. The quantitative estimate of drug-likeness (QED) is 0.529. The van der Waals surface area contributed by atoms with Crippen LogP contribution < -0.4 is 5.01 Å². The number of anilines is 1. The summed E-state index contributed by atoms with van der Waals surface area (Å²) in [5.41, 5.74) is 6.58. The fourth-order valence-electron chi connectivity index (χ4n) is 4.13. The summed E-state index contributed by atoms with van der Waals surface area (Å²) < 4.78 is 0. The molecule has 1 aliphatic heterocycles. The predicted molar refractivity (Wildman–Crippen MR) is 127 cm³/mol. The summed E-state index contributed by atoms with van der Waals surface area (Å²) in [7, 11) is 0.